The number of hydrogen-bond acceptors (Lipinski definition) is 4. The van der Waals surface area contributed by atoms with Gasteiger partial charge in [-0.25, -0.2) is 0 Å². The third-order valence-electron chi connectivity index (χ3n) is 3.72. The number of nitro groups is 1. The normalized spacial score (nSPS) is 16.1. The second kappa shape index (κ2) is 5.07. The zero-order chi connectivity index (χ0) is 14.1. The van der Waals surface area contributed by atoms with Gasteiger partial charge in [-0.2, -0.15) is 0 Å². The van der Waals surface area contributed by atoms with E-state index in [0.29, 0.717) is 16.6 Å². The molecule has 3 rings (SSSR count). The van der Waals surface area contributed by atoms with E-state index < -0.39 is 0 Å². The van der Waals surface area contributed by atoms with Crippen molar-refractivity contribution in [3.63, 3.8) is 0 Å². The van der Waals surface area contributed by atoms with E-state index in [2.05, 4.69) is 17.2 Å². The molecule has 1 aromatic heterocycles. The molecule has 1 unspecified atom stereocenters. The van der Waals surface area contributed by atoms with E-state index in [1.807, 2.05) is 6.07 Å². The van der Waals surface area contributed by atoms with Gasteiger partial charge in [0, 0.05) is 12.2 Å². The Bertz CT molecular complexity index is 653. The lowest BCUT2D eigenvalue weighted by Crippen LogP contribution is -2.16. The molecule has 1 saturated carbocycles. The lowest BCUT2D eigenvalue weighted by Gasteiger charge is -2.15. The summed E-state index contributed by atoms with van der Waals surface area (Å²) in [6.45, 7) is 2.08. The van der Waals surface area contributed by atoms with Gasteiger partial charge in [-0.15, -0.1) is 0 Å². The molecule has 2 aromatic rings. The Morgan fingerprint density at radius 1 is 1.45 bits per heavy atom. The average Bonchev–Trinajstić information content (AvgIpc) is 3.21. The first-order chi connectivity index (χ1) is 9.65. The van der Waals surface area contributed by atoms with E-state index in [1.54, 1.807) is 24.4 Å². The third kappa shape index (κ3) is 2.57. The van der Waals surface area contributed by atoms with E-state index in [9.17, 15) is 10.1 Å². The van der Waals surface area contributed by atoms with E-state index in [4.69, 9.17) is 0 Å². The number of hydrogen-bond donors (Lipinski definition) is 1. The van der Waals surface area contributed by atoms with Gasteiger partial charge >= 0.3 is 5.69 Å². The molecule has 20 heavy (non-hydrogen) atoms. The molecule has 0 radical (unpaired) electrons. The number of aromatic nitrogens is 1. The summed E-state index contributed by atoms with van der Waals surface area (Å²) < 4.78 is 0. The topological polar surface area (TPSA) is 68.1 Å². The number of fused-ring (bicyclic) bond motifs is 1. The predicted octanol–water partition coefficient (Wildman–Crippen LogP) is 3.74. The number of rotatable bonds is 5. The first-order valence-corrected chi connectivity index (χ1v) is 6.94. The smallest absolute Gasteiger partial charge is 0.301 e. The van der Waals surface area contributed by atoms with Gasteiger partial charge in [0.15, 0.2) is 0 Å². The fourth-order valence-corrected chi connectivity index (χ4v) is 2.63. The molecule has 104 valence electrons. The van der Waals surface area contributed by atoms with Crippen LogP contribution in [-0.4, -0.2) is 15.9 Å². The van der Waals surface area contributed by atoms with Gasteiger partial charge in [-0.1, -0.05) is 12.8 Å². The van der Waals surface area contributed by atoms with Crippen LogP contribution in [-0.2, 0) is 0 Å². The molecule has 1 heterocycles. The standard InChI is InChI=1S/C15H17N3O2/c1-10(9-11-4-5-11)17-14-7-6-13-12(3-2-8-16-13)15(14)18(19)20/h2-3,6-8,10-11,17H,4-5,9H2,1H3. The van der Waals surface area contributed by atoms with Crippen molar-refractivity contribution in [1.29, 1.82) is 0 Å². The zero-order valence-electron chi connectivity index (χ0n) is 11.4. The molecule has 1 atom stereocenters. The first kappa shape index (κ1) is 12.8. The SMILES string of the molecule is CC(CC1CC1)Nc1ccc2ncccc2c1[N+](=O)[O-]. The highest BCUT2D eigenvalue weighted by atomic mass is 16.6. The molecule has 1 aliphatic carbocycles. The minimum absolute atomic E-state index is 0.123. The highest BCUT2D eigenvalue weighted by Crippen LogP contribution is 2.36. The fraction of sp³-hybridized carbons (Fsp3) is 0.400. The Labute approximate surface area is 117 Å². The quantitative estimate of drug-likeness (QED) is 0.664. The van der Waals surface area contributed by atoms with Crippen LogP contribution in [0.3, 0.4) is 0 Å². The Balaban J connectivity index is 1.96. The number of nitrogens with zero attached hydrogens (tertiary/aromatic N) is 2. The number of nitrogens with one attached hydrogen (secondary N) is 1. The summed E-state index contributed by atoms with van der Waals surface area (Å²) in [5.41, 5.74) is 1.36. The second-order valence-electron chi connectivity index (χ2n) is 5.51. The van der Waals surface area contributed by atoms with Gasteiger partial charge in [0.05, 0.1) is 15.8 Å². The first-order valence-electron chi connectivity index (χ1n) is 6.94. The van der Waals surface area contributed by atoms with Gasteiger partial charge in [0.2, 0.25) is 0 Å². The molecular formula is C15H17N3O2. The van der Waals surface area contributed by atoms with Crippen LogP contribution >= 0.6 is 0 Å². The van der Waals surface area contributed by atoms with E-state index in [0.717, 1.165) is 12.3 Å². The lowest BCUT2D eigenvalue weighted by atomic mass is 10.1. The maximum atomic E-state index is 11.4. The van der Waals surface area contributed by atoms with Gasteiger partial charge in [-0.3, -0.25) is 15.1 Å². The molecule has 1 N–H and O–H groups in total. The number of anilines is 1. The molecule has 1 fully saturated rings. The maximum Gasteiger partial charge on any atom is 0.301 e. The van der Waals surface area contributed by atoms with Crippen molar-refractivity contribution in [2.75, 3.05) is 5.32 Å². The summed E-state index contributed by atoms with van der Waals surface area (Å²) in [6.07, 6.45) is 5.29. The van der Waals surface area contributed by atoms with Gasteiger partial charge in [0.1, 0.15) is 5.69 Å². The van der Waals surface area contributed by atoms with Crippen LogP contribution in [0.15, 0.2) is 30.5 Å². The molecule has 0 spiro atoms. The van der Waals surface area contributed by atoms with Crippen LogP contribution in [0.5, 0.6) is 0 Å². The molecule has 1 aliphatic rings. The van der Waals surface area contributed by atoms with E-state index in [-0.39, 0.29) is 16.7 Å². The molecule has 5 nitrogen and oxygen atoms in total. The lowest BCUT2D eigenvalue weighted by molar-refractivity contribution is -0.382. The van der Waals surface area contributed by atoms with Crippen molar-refractivity contribution < 1.29 is 4.92 Å². The van der Waals surface area contributed by atoms with Crippen LogP contribution < -0.4 is 5.32 Å². The van der Waals surface area contributed by atoms with Gasteiger partial charge in [-0.05, 0) is 43.5 Å². The van der Waals surface area contributed by atoms with Gasteiger partial charge < -0.3 is 5.32 Å². The van der Waals surface area contributed by atoms with Crippen molar-refractivity contribution in [3.8, 4) is 0 Å². The molecule has 5 heteroatoms. The van der Waals surface area contributed by atoms with Crippen molar-refractivity contribution in [2.24, 2.45) is 5.92 Å². The fourth-order valence-electron chi connectivity index (χ4n) is 2.63. The van der Waals surface area contributed by atoms with Crippen LogP contribution in [0, 0.1) is 16.0 Å². The summed E-state index contributed by atoms with van der Waals surface area (Å²) in [5, 5.41) is 15.3. The molecule has 0 bridgehead atoms. The van der Waals surface area contributed by atoms with Gasteiger partial charge in [0.25, 0.3) is 0 Å². The van der Waals surface area contributed by atoms with Crippen LogP contribution in [0.25, 0.3) is 10.9 Å². The maximum absolute atomic E-state index is 11.4. The average molecular weight is 271 g/mol. The van der Waals surface area contributed by atoms with E-state index >= 15 is 0 Å². The van der Waals surface area contributed by atoms with Crippen molar-refractivity contribution >= 4 is 22.3 Å². The largest absolute Gasteiger partial charge is 0.377 e. The molecule has 1 aromatic carbocycles. The number of nitro benzene ring substituents is 1. The summed E-state index contributed by atoms with van der Waals surface area (Å²) in [4.78, 5) is 15.2. The minimum atomic E-state index is -0.323. The number of pyridine rings is 1. The third-order valence-corrected chi connectivity index (χ3v) is 3.72. The van der Waals surface area contributed by atoms with Crippen LogP contribution in [0.4, 0.5) is 11.4 Å². The van der Waals surface area contributed by atoms with Crippen LogP contribution in [0.1, 0.15) is 26.2 Å². The van der Waals surface area contributed by atoms with E-state index in [1.165, 1.54) is 12.8 Å². The Hall–Kier alpha value is -2.17. The van der Waals surface area contributed by atoms with Crippen LogP contribution in [0.2, 0.25) is 0 Å². The highest BCUT2D eigenvalue weighted by Gasteiger charge is 2.25. The summed E-state index contributed by atoms with van der Waals surface area (Å²) >= 11 is 0. The predicted molar refractivity (Wildman–Crippen MR) is 78.8 cm³/mol. The zero-order valence-corrected chi connectivity index (χ0v) is 11.4. The summed E-state index contributed by atoms with van der Waals surface area (Å²) in [6, 6.07) is 7.31. The summed E-state index contributed by atoms with van der Waals surface area (Å²) in [5.74, 6) is 0.790. The monoisotopic (exact) mass is 271 g/mol. The Kier molecular flexibility index (Phi) is 3.26. The Morgan fingerprint density at radius 2 is 2.25 bits per heavy atom. The highest BCUT2D eigenvalue weighted by molar-refractivity contribution is 5.94. The van der Waals surface area contributed by atoms with Crippen molar-refractivity contribution in [3.05, 3.63) is 40.6 Å². The van der Waals surface area contributed by atoms with Crippen molar-refractivity contribution in [1.82, 2.24) is 4.98 Å². The minimum Gasteiger partial charge on any atom is -0.377 e. The molecule has 0 aliphatic heterocycles. The molecule has 0 saturated heterocycles. The summed E-state index contributed by atoms with van der Waals surface area (Å²) in [7, 11) is 0. The number of benzene rings is 1. The Morgan fingerprint density at radius 3 is 2.95 bits per heavy atom. The second-order valence-corrected chi connectivity index (χ2v) is 5.51. The molecular weight excluding hydrogens is 254 g/mol. The van der Waals surface area contributed by atoms with Crippen molar-refractivity contribution in [2.45, 2.75) is 32.2 Å². The molecule has 0 amide bonds.